The molecule has 3 aromatic carbocycles. The van der Waals surface area contributed by atoms with Crippen molar-refractivity contribution in [3.05, 3.63) is 77.4 Å². The Morgan fingerprint density at radius 3 is 2.09 bits per heavy atom. The maximum atomic E-state index is 14.5. The fourth-order valence-electron chi connectivity index (χ4n) is 5.50. The third-order valence-corrected chi connectivity index (χ3v) is 7.53. The van der Waals surface area contributed by atoms with Crippen molar-refractivity contribution in [2.24, 2.45) is 5.92 Å². The zero-order valence-corrected chi connectivity index (χ0v) is 27.8. The summed E-state index contributed by atoms with van der Waals surface area (Å²) in [6, 6.07) is 18.0. The molecule has 3 amide bonds. The number of benzene rings is 3. The maximum Gasteiger partial charge on any atom is 0.408 e. The van der Waals surface area contributed by atoms with Crippen LogP contribution >= 0.6 is 0 Å². The summed E-state index contributed by atoms with van der Waals surface area (Å²) in [6.07, 6.45) is 4.31. The van der Waals surface area contributed by atoms with E-state index in [0.29, 0.717) is 12.2 Å². The molecule has 0 aliphatic rings. The Morgan fingerprint density at radius 1 is 0.841 bits per heavy atom. The normalized spacial score (nSPS) is 12.9. The number of amides is 3. The summed E-state index contributed by atoms with van der Waals surface area (Å²) in [5, 5.41) is 8.02. The first kappa shape index (κ1) is 34.6. The molecule has 0 aliphatic heterocycles. The second-order valence-electron chi connectivity index (χ2n) is 13.2. The lowest BCUT2D eigenvalue weighted by atomic mass is 9.96. The molecule has 238 valence electrons. The van der Waals surface area contributed by atoms with Gasteiger partial charge in [-0.05, 0) is 75.4 Å². The van der Waals surface area contributed by atoms with Crippen LogP contribution in [-0.2, 0) is 14.3 Å². The van der Waals surface area contributed by atoms with E-state index in [-0.39, 0.29) is 17.7 Å². The third-order valence-electron chi connectivity index (χ3n) is 7.53. The number of anilines is 1. The maximum absolute atomic E-state index is 14.5. The van der Waals surface area contributed by atoms with Gasteiger partial charge in [0.1, 0.15) is 17.7 Å². The molecule has 0 saturated carbocycles. The summed E-state index contributed by atoms with van der Waals surface area (Å²) < 4.78 is 5.51. The largest absolute Gasteiger partial charge is 0.444 e. The number of hydrogen-bond acceptors (Lipinski definition) is 4. The number of unbranched alkanes of at least 4 members (excludes halogenated alkanes) is 4. The van der Waals surface area contributed by atoms with Crippen molar-refractivity contribution in [1.82, 2.24) is 10.2 Å². The first-order valence-electron chi connectivity index (χ1n) is 16.0. The summed E-state index contributed by atoms with van der Waals surface area (Å²) in [5.74, 6) is -0.841. The summed E-state index contributed by atoms with van der Waals surface area (Å²) in [4.78, 5) is 43.4. The number of alkyl carbamates (subject to hydrolysis) is 1. The van der Waals surface area contributed by atoms with E-state index in [2.05, 4.69) is 23.6 Å². The van der Waals surface area contributed by atoms with Crippen molar-refractivity contribution in [3.63, 3.8) is 0 Å². The van der Waals surface area contributed by atoms with Crippen LogP contribution in [0.15, 0.2) is 60.7 Å². The Bertz CT molecular complexity index is 1410. The number of hydrogen-bond donors (Lipinski definition) is 2. The lowest BCUT2D eigenvalue weighted by molar-refractivity contribution is -0.141. The van der Waals surface area contributed by atoms with Crippen LogP contribution in [0.4, 0.5) is 10.5 Å². The van der Waals surface area contributed by atoms with Crippen molar-refractivity contribution >= 4 is 34.4 Å². The van der Waals surface area contributed by atoms with Crippen molar-refractivity contribution < 1.29 is 19.1 Å². The van der Waals surface area contributed by atoms with Gasteiger partial charge >= 0.3 is 6.09 Å². The SMILES string of the molecule is CCCCCCCN(C(=O)C(NC(=O)OC(C)(C)C)C(C)C)C(C(=O)Nc1ccc2ccccc2c1)c1cc(C)cc(C)c1. The third kappa shape index (κ3) is 10.1. The Kier molecular flexibility index (Phi) is 12.4. The quantitative estimate of drug-likeness (QED) is 0.192. The van der Waals surface area contributed by atoms with Crippen LogP contribution in [0.1, 0.15) is 96.4 Å². The van der Waals surface area contributed by atoms with E-state index in [1.54, 1.807) is 25.7 Å². The van der Waals surface area contributed by atoms with E-state index in [4.69, 9.17) is 4.74 Å². The standard InChI is InChI=1S/C37H51N3O4/c1-9-10-11-12-15-20-40(35(42)32(25(2)3)39-36(43)44-37(6,7)8)33(30-22-26(4)21-27(5)23-30)34(41)38-31-19-18-28-16-13-14-17-29(28)24-31/h13-14,16-19,21-25,32-33H,9-12,15,20H2,1-8H3,(H,38,41)(H,39,43). The minimum atomic E-state index is -0.902. The molecule has 0 saturated heterocycles. The highest BCUT2D eigenvalue weighted by Crippen LogP contribution is 2.29. The minimum Gasteiger partial charge on any atom is -0.444 e. The molecule has 0 fully saturated rings. The van der Waals surface area contributed by atoms with Crippen molar-refractivity contribution in [1.29, 1.82) is 0 Å². The number of aryl methyl sites for hydroxylation is 2. The van der Waals surface area contributed by atoms with E-state index in [1.165, 1.54) is 0 Å². The first-order chi connectivity index (χ1) is 20.8. The van der Waals surface area contributed by atoms with Gasteiger partial charge in [0.15, 0.2) is 0 Å². The van der Waals surface area contributed by atoms with E-state index in [0.717, 1.165) is 59.6 Å². The Labute approximate surface area is 263 Å². The highest BCUT2D eigenvalue weighted by Gasteiger charge is 2.37. The van der Waals surface area contributed by atoms with Gasteiger partial charge in [0, 0.05) is 12.2 Å². The number of carbonyl (C=O) groups is 3. The molecule has 2 atom stereocenters. The van der Waals surface area contributed by atoms with Crippen LogP contribution in [0, 0.1) is 19.8 Å². The molecule has 3 aromatic rings. The predicted octanol–water partition coefficient (Wildman–Crippen LogP) is 8.48. The highest BCUT2D eigenvalue weighted by atomic mass is 16.6. The summed E-state index contributed by atoms with van der Waals surface area (Å²) in [7, 11) is 0. The molecular formula is C37H51N3O4. The molecule has 44 heavy (non-hydrogen) atoms. The Morgan fingerprint density at radius 2 is 1.48 bits per heavy atom. The first-order valence-corrected chi connectivity index (χ1v) is 16.0. The zero-order chi connectivity index (χ0) is 32.4. The molecule has 0 heterocycles. The van der Waals surface area contributed by atoms with E-state index in [9.17, 15) is 14.4 Å². The van der Waals surface area contributed by atoms with E-state index >= 15 is 0 Å². The molecule has 3 rings (SSSR count). The summed E-state index contributed by atoms with van der Waals surface area (Å²) >= 11 is 0. The lowest BCUT2D eigenvalue weighted by Crippen LogP contribution is -2.54. The molecular weight excluding hydrogens is 550 g/mol. The molecule has 7 nitrogen and oxygen atoms in total. The second kappa shape index (κ2) is 15.7. The number of nitrogens with zero attached hydrogens (tertiary/aromatic N) is 1. The average molecular weight is 602 g/mol. The van der Waals surface area contributed by atoms with Crippen LogP contribution in [0.2, 0.25) is 0 Å². The number of carbonyl (C=O) groups excluding carboxylic acids is 3. The minimum absolute atomic E-state index is 0.235. The topological polar surface area (TPSA) is 87.7 Å². The van der Waals surface area contributed by atoms with Gasteiger partial charge in [-0.1, -0.05) is 106 Å². The monoisotopic (exact) mass is 601 g/mol. The number of fused-ring (bicyclic) bond motifs is 1. The molecule has 0 aromatic heterocycles. The van der Waals surface area contributed by atoms with Crippen LogP contribution in [0.5, 0.6) is 0 Å². The molecule has 7 heteroatoms. The van der Waals surface area contributed by atoms with Gasteiger partial charge in [0.05, 0.1) is 0 Å². The molecule has 0 radical (unpaired) electrons. The lowest BCUT2D eigenvalue weighted by Gasteiger charge is -2.36. The number of rotatable bonds is 13. The molecule has 0 bridgehead atoms. The van der Waals surface area contributed by atoms with Gasteiger partial charge in [-0.3, -0.25) is 9.59 Å². The smallest absolute Gasteiger partial charge is 0.408 e. The van der Waals surface area contributed by atoms with Gasteiger partial charge in [-0.15, -0.1) is 0 Å². The van der Waals surface area contributed by atoms with Gasteiger partial charge in [-0.2, -0.15) is 0 Å². The number of nitrogens with one attached hydrogen (secondary N) is 2. The van der Waals surface area contributed by atoms with Gasteiger partial charge in [0.25, 0.3) is 5.91 Å². The van der Waals surface area contributed by atoms with E-state index in [1.807, 2.05) is 82.3 Å². The summed E-state index contributed by atoms with van der Waals surface area (Å²) in [5.41, 5.74) is 2.69. The Balaban J connectivity index is 2.05. The second-order valence-corrected chi connectivity index (χ2v) is 13.2. The van der Waals surface area contributed by atoms with Crippen LogP contribution in [0.3, 0.4) is 0 Å². The van der Waals surface area contributed by atoms with Crippen molar-refractivity contribution in [3.8, 4) is 0 Å². The fraction of sp³-hybridized carbons (Fsp3) is 0.486. The van der Waals surface area contributed by atoms with E-state index < -0.39 is 23.8 Å². The summed E-state index contributed by atoms with van der Waals surface area (Å²) in [6.45, 7) is 15.7. The highest BCUT2D eigenvalue weighted by molar-refractivity contribution is 6.00. The molecule has 0 spiro atoms. The van der Waals surface area contributed by atoms with Crippen LogP contribution in [0.25, 0.3) is 10.8 Å². The van der Waals surface area contributed by atoms with Crippen LogP contribution < -0.4 is 10.6 Å². The van der Waals surface area contributed by atoms with Gasteiger partial charge in [-0.25, -0.2) is 4.79 Å². The molecule has 0 aliphatic carbocycles. The predicted molar refractivity (Wildman–Crippen MR) is 180 cm³/mol. The number of ether oxygens (including phenoxy) is 1. The Hall–Kier alpha value is -3.87. The van der Waals surface area contributed by atoms with Crippen LogP contribution in [-0.4, -0.2) is 41.0 Å². The molecule has 2 unspecified atom stereocenters. The average Bonchev–Trinajstić information content (AvgIpc) is 2.93. The zero-order valence-electron chi connectivity index (χ0n) is 27.8. The van der Waals surface area contributed by atoms with Crippen molar-refractivity contribution in [2.45, 2.75) is 105 Å². The van der Waals surface area contributed by atoms with Gasteiger partial charge < -0.3 is 20.3 Å². The molecule has 2 N–H and O–H groups in total. The van der Waals surface area contributed by atoms with Gasteiger partial charge in [0.2, 0.25) is 5.91 Å². The fourth-order valence-corrected chi connectivity index (χ4v) is 5.50. The van der Waals surface area contributed by atoms with Crippen molar-refractivity contribution in [2.75, 3.05) is 11.9 Å².